The predicted octanol–water partition coefficient (Wildman–Crippen LogP) is 2.71. The fourth-order valence-electron chi connectivity index (χ4n) is 1.57. The number of hydrogen-bond donors (Lipinski definition) is 2. The van der Waals surface area contributed by atoms with Crippen LogP contribution in [0.25, 0.3) is 10.1 Å². The lowest BCUT2D eigenvalue weighted by Crippen LogP contribution is -2.05. The van der Waals surface area contributed by atoms with Gasteiger partial charge in [0.2, 0.25) is 0 Å². The molecule has 1 aromatic carbocycles. The van der Waals surface area contributed by atoms with E-state index in [-0.39, 0.29) is 12.4 Å². The molecule has 0 saturated carbocycles. The Labute approximate surface area is 99.1 Å². The van der Waals surface area contributed by atoms with Crippen molar-refractivity contribution >= 4 is 33.8 Å². The Balaban J connectivity index is 0.00000112. The van der Waals surface area contributed by atoms with E-state index in [1.165, 1.54) is 4.70 Å². The average Bonchev–Trinajstić information content (AvgIpc) is 2.61. The quantitative estimate of drug-likeness (QED) is 0.871. The summed E-state index contributed by atoms with van der Waals surface area (Å²) in [7, 11) is 0. The molecule has 0 amide bonds. The highest BCUT2D eigenvalue weighted by Crippen LogP contribution is 2.31. The number of halogens is 1. The van der Waals surface area contributed by atoms with Gasteiger partial charge in [0.1, 0.15) is 0 Å². The summed E-state index contributed by atoms with van der Waals surface area (Å²) in [6.45, 7) is 0.519. The molecule has 4 heteroatoms. The van der Waals surface area contributed by atoms with Crippen LogP contribution in [0.2, 0.25) is 0 Å². The zero-order valence-corrected chi connectivity index (χ0v) is 9.85. The molecule has 0 aliphatic heterocycles. The largest absolute Gasteiger partial charge is 0.388 e. The predicted molar refractivity (Wildman–Crippen MR) is 67.7 cm³/mol. The zero-order valence-electron chi connectivity index (χ0n) is 8.22. The molecule has 1 aromatic heterocycles. The molecule has 3 N–H and O–H groups in total. The third-order valence-corrected chi connectivity index (χ3v) is 3.29. The maximum absolute atomic E-state index is 9.83. The van der Waals surface area contributed by atoms with Crippen molar-refractivity contribution in [2.75, 3.05) is 6.54 Å². The SMILES string of the molecule is Cl.NCCC(O)c1csc2ccccc12. The lowest BCUT2D eigenvalue weighted by atomic mass is 10.1. The van der Waals surface area contributed by atoms with Gasteiger partial charge in [0.25, 0.3) is 0 Å². The van der Waals surface area contributed by atoms with Crippen molar-refractivity contribution in [3.8, 4) is 0 Å². The Bertz CT molecular complexity index is 429. The minimum absolute atomic E-state index is 0. The van der Waals surface area contributed by atoms with Crippen LogP contribution in [0.3, 0.4) is 0 Å². The van der Waals surface area contributed by atoms with Gasteiger partial charge in [-0.05, 0) is 35.4 Å². The molecule has 82 valence electrons. The number of aliphatic hydroxyl groups is 1. The highest BCUT2D eigenvalue weighted by atomic mass is 35.5. The van der Waals surface area contributed by atoms with E-state index in [0.29, 0.717) is 13.0 Å². The number of aliphatic hydroxyl groups excluding tert-OH is 1. The number of thiophene rings is 1. The van der Waals surface area contributed by atoms with Crippen molar-refractivity contribution in [2.24, 2.45) is 5.73 Å². The minimum Gasteiger partial charge on any atom is -0.388 e. The first kappa shape index (κ1) is 12.5. The number of rotatable bonds is 3. The Morgan fingerprint density at radius 2 is 2.07 bits per heavy atom. The van der Waals surface area contributed by atoms with Gasteiger partial charge in [-0.2, -0.15) is 0 Å². The van der Waals surface area contributed by atoms with Crippen LogP contribution in [-0.4, -0.2) is 11.7 Å². The van der Waals surface area contributed by atoms with Gasteiger partial charge in [-0.15, -0.1) is 23.7 Å². The molecule has 2 rings (SSSR count). The summed E-state index contributed by atoms with van der Waals surface area (Å²) < 4.78 is 1.22. The number of nitrogens with two attached hydrogens (primary N) is 1. The molecule has 0 bridgehead atoms. The van der Waals surface area contributed by atoms with Crippen LogP contribution in [0, 0.1) is 0 Å². The lowest BCUT2D eigenvalue weighted by molar-refractivity contribution is 0.172. The molecule has 0 radical (unpaired) electrons. The van der Waals surface area contributed by atoms with Gasteiger partial charge in [-0.1, -0.05) is 18.2 Å². The molecule has 0 spiro atoms. The summed E-state index contributed by atoms with van der Waals surface area (Å²) in [6.07, 6.45) is 0.205. The van der Waals surface area contributed by atoms with E-state index >= 15 is 0 Å². The van der Waals surface area contributed by atoms with Crippen LogP contribution in [-0.2, 0) is 0 Å². The second-order valence-electron chi connectivity index (χ2n) is 3.28. The van der Waals surface area contributed by atoms with Crippen LogP contribution >= 0.6 is 23.7 Å². The summed E-state index contributed by atoms with van der Waals surface area (Å²) in [5, 5.41) is 13.0. The second-order valence-corrected chi connectivity index (χ2v) is 4.19. The van der Waals surface area contributed by atoms with Crippen LogP contribution in [0.4, 0.5) is 0 Å². The Morgan fingerprint density at radius 1 is 1.33 bits per heavy atom. The maximum Gasteiger partial charge on any atom is 0.0816 e. The third-order valence-electron chi connectivity index (χ3n) is 2.31. The van der Waals surface area contributed by atoms with Crippen LogP contribution in [0.1, 0.15) is 18.1 Å². The smallest absolute Gasteiger partial charge is 0.0816 e. The van der Waals surface area contributed by atoms with Crippen molar-refractivity contribution in [1.29, 1.82) is 0 Å². The fourth-order valence-corrected chi connectivity index (χ4v) is 2.58. The third kappa shape index (κ3) is 2.49. The van der Waals surface area contributed by atoms with Crippen molar-refractivity contribution in [3.05, 3.63) is 35.2 Å². The van der Waals surface area contributed by atoms with Gasteiger partial charge >= 0.3 is 0 Å². The van der Waals surface area contributed by atoms with Gasteiger partial charge < -0.3 is 10.8 Å². The monoisotopic (exact) mass is 243 g/mol. The molecule has 2 nitrogen and oxygen atoms in total. The van der Waals surface area contributed by atoms with E-state index in [2.05, 4.69) is 6.07 Å². The molecule has 0 fully saturated rings. The summed E-state index contributed by atoms with van der Waals surface area (Å²) in [4.78, 5) is 0. The first-order valence-corrected chi connectivity index (χ1v) is 5.55. The highest BCUT2D eigenvalue weighted by molar-refractivity contribution is 7.17. The molecule has 15 heavy (non-hydrogen) atoms. The molecule has 0 saturated heterocycles. The van der Waals surface area contributed by atoms with Crippen molar-refractivity contribution in [1.82, 2.24) is 0 Å². The summed E-state index contributed by atoms with van der Waals surface area (Å²) in [5.41, 5.74) is 6.43. The van der Waals surface area contributed by atoms with Crippen molar-refractivity contribution in [3.63, 3.8) is 0 Å². The summed E-state index contributed by atoms with van der Waals surface area (Å²) >= 11 is 1.67. The lowest BCUT2D eigenvalue weighted by Gasteiger charge is -2.07. The van der Waals surface area contributed by atoms with E-state index in [1.54, 1.807) is 11.3 Å². The molecule has 1 heterocycles. The zero-order chi connectivity index (χ0) is 9.97. The molecule has 1 atom stereocenters. The van der Waals surface area contributed by atoms with E-state index in [9.17, 15) is 5.11 Å². The minimum atomic E-state index is -0.420. The van der Waals surface area contributed by atoms with E-state index < -0.39 is 6.10 Å². The number of fused-ring (bicyclic) bond motifs is 1. The molecule has 0 aliphatic carbocycles. The first-order chi connectivity index (χ1) is 6.83. The number of hydrogen-bond acceptors (Lipinski definition) is 3. The van der Waals surface area contributed by atoms with E-state index in [4.69, 9.17) is 5.73 Å². The normalized spacial score (nSPS) is 12.4. The fraction of sp³-hybridized carbons (Fsp3) is 0.273. The second kappa shape index (κ2) is 5.47. The average molecular weight is 244 g/mol. The standard InChI is InChI=1S/C11H13NOS.ClH/c12-6-5-10(13)9-7-14-11-4-2-1-3-8(9)11;/h1-4,7,10,13H,5-6,12H2;1H. The molecule has 0 aliphatic rings. The van der Waals surface area contributed by atoms with Crippen molar-refractivity contribution < 1.29 is 5.11 Å². The van der Waals surface area contributed by atoms with Crippen LogP contribution in [0.15, 0.2) is 29.6 Å². The van der Waals surface area contributed by atoms with Gasteiger partial charge in [-0.25, -0.2) is 0 Å². The summed E-state index contributed by atoms with van der Waals surface area (Å²) in [5.74, 6) is 0. The van der Waals surface area contributed by atoms with Crippen molar-refractivity contribution in [2.45, 2.75) is 12.5 Å². The van der Waals surface area contributed by atoms with Crippen LogP contribution < -0.4 is 5.73 Å². The maximum atomic E-state index is 9.83. The Kier molecular flexibility index (Phi) is 4.54. The van der Waals surface area contributed by atoms with E-state index in [1.807, 2.05) is 23.6 Å². The topological polar surface area (TPSA) is 46.2 Å². The van der Waals surface area contributed by atoms with Gasteiger partial charge in [0.15, 0.2) is 0 Å². The highest BCUT2D eigenvalue weighted by Gasteiger charge is 2.11. The Morgan fingerprint density at radius 3 is 2.80 bits per heavy atom. The van der Waals surface area contributed by atoms with E-state index in [0.717, 1.165) is 10.9 Å². The number of benzene rings is 1. The summed E-state index contributed by atoms with van der Waals surface area (Å²) in [6, 6.07) is 8.12. The van der Waals surface area contributed by atoms with Gasteiger partial charge in [0, 0.05) is 4.70 Å². The first-order valence-electron chi connectivity index (χ1n) is 4.67. The van der Waals surface area contributed by atoms with Crippen LogP contribution in [0.5, 0.6) is 0 Å². The van der Waals surface area contributed by atoms with Gasteiger partial charge in [-0.3, -0.25) is 0 Å². The molecule has 2 aromatic rings. The molecular weight excluding hydrogens is 230 g/mol. The van der Waals surface area contributed by atoms with Gasteiger partial charge in [0.05, 0.1) is 6.10 Å². The molecule has 1 unspecified atom stereocenters. The Hall–Kier alpha value is -0.610. The molecular formula is C11H14ClNOS.